The number of hydrogen-bond acceptors (Lipinski definition) is 0. The van der Waals surface area contributed by atoms with Crippen LogP contribution in [0.4, 0.5) is 4.39 Å². The molecular weight excluding hydrogens is 343 g/mol. The van der Waals surface area contributed by atoms with Gasteiger partial charge in [0.25, 0.3) is 0 Å². The van der Waals surface area contributed by atoms with E-state index in [1.54, 1.807) is 0 Å². The Balaban J connectivity index is 2.52. The summed E-state index contributed by atoms with van der Waals surface area (Å²) >= 11 is 10.5. The molecule has 0 aromatic carbocycles. The van der Waals surface area contributed by atoms with E-state index in [0.717, 1.165) is 12.8 Å². The van der Waals surface area contributed by atoms with Gasteiger partial charge < -0.3 is 0 Å². The quantitative estimate of drug-likeness (QED) is 0.632. The molecular formula is C7H10Br3F. The zero-order valence-electron chi connectivity index (χ0n) is 5.94. The summed E-state index contributed by atoms with van der Waals surface area (Å²) in [6.07, 6.45) is 2.05. The fourth-order valence-electron chi connectivity index (χ4n) is 1.35. The molecule has 2 atom stereocenters. The van der Waals surface area contributed by atoms with E-state index in [9.17, 15) is 4.39 Å². The van der Waals surface area contributed by atoms with Crippen molar-refractivity contribution in [2.75, 3.05) is 6.67 Å². The topological polar surface area (TPSA) is 0 Å². The minimum Gasteiger partial charge on any atom is -0.251 e. The van der Waals surface area contributed by atoms with Crippen LogP contribution in [0.5, 0.6) is 0 Å². The summed E-state index contributed by atoms with van der Waals surface area (Å²) < 4.78 is 12.4. The average Bonchev–Trinajstić information content (AvgIpc) is 1.85. The number of halogens is 4. The van der Waals surface area contributed by atoms with Crippen molar-refractivity contribution in [3.05, 3.63) is 0 Å². The maximum absolute atomic E-state index is 12.4. The van der Waals surface area contributed by atoms with E-state index in [1.165, 1.54) is 0 Å². The molecule has 4 heteroatoms. The van der Waals surface area contributed by atoms with Crippen molar-refractivity contribution in [3.63, 3.8) is 0 Å². The van der Waals surface area contributed by atoms with Gasteiger partial charge in [-0.2, -0.15) is 0 Å². The second-order valence-electron chi connectivity index (χ2n) is 2.92. The standard InChI is InChI=1S/C7H10Br3F/c8-4-1-6(9)5(3-11)7(10)2-4/h4-7H,1-3H2. The molecule has 11 heavy (non-hydrogen) atoms. The molecule has 66 valence electrons. The van der Waals surface area contributed by atoms with Crippen LogP contribution in [0.1, 0.15) is 12.8 Å². The average molecular weight is 353 g/mol. The van der Waals surface area contributed by atoms with Gasteiger partial charge in [-0.05, 0) is 12.8 Å². The highest BCUT2D eigenvalue weighted by molar-refractivity contribution is 9.10. The normalized spacial score (nSPS) is 45.8. The second kappa shape index (κ2) is 4.56. The van der Waals surface area contributed by atoms with Crippen LogP contribution in [-0.4, -0.2) is 21.2 Å². The van der Waals surface area contributed by atoms with Crippen molar-refractivity contribution >= 4 is 47.8 Å². The van der Waals surface area contributed by atoms with Gasteiger partial charge in [-0.1, -0.05) is 47.8 Å². The molecule has 0 bridgehead atoms. The van der Waals surface area contributed by atoms with E-state index >= 15 is 0 Å². The smallest absolute Gasteiger partial charge is 0.0944 e. The molecule has 1 rings (SSSR count). The van der Waals surface area contributed by atoms with E-state index in [1.807, 2.05) is 0 Å². The van der Waals surface area contributed by atoms with E-state index in [4.69, 9.17) is 0 Å². The van der Waals surface area contributed by atoms with Crippen LogP contribution in [0, 0.1) is 5.92 Å². The lowest BCUT2D eigenvalue weighted by Gasteiger charge is -2.32. The summed E-state index contributed by atoms with van der Waals surface area (Å²) in [6.45, 7) is -0.231. The van der Waals surface area contributed by atoms with Gasteiger partial charge in [-0.15, -0.1) is 0 Å². The molecule has 0 aliphatic heterocycles. The van der Waals surface area contributed by atoms with Crippen molar-refractivity contribution in [2.45, 2.75) is 27.3 Å². The maximum Gasteiger partial charge on any atom is 0.0944 e. The molecule has 1 aliphatic rings. The molecule has 0 heterocycles. The van der Waals surface area contributed by atoms with E-state index in [-0.39, 0.29) is 12.6 Å². The molecule has 2 unspecified atom stereocenters. The third-order valence-corrected chi connectivity index (χ3v) is 4.92. The largest absolute Gasteiger partial charge is 0.251 e. The van der Waals surface area contributed by atoms with E-state index in [0.29, 0.717) is 14.5 Å². The van der Waals surface area contributed by atoms with Gasteiger partial charge >= 0.3 is 0 Å². The van der Waals surface area contributed by atoms with Crippen molar-refractivity contribution in [3.8, 4) is 0 Å². The van der Waals surface area contributed by atoms with Crippen LogP contribution in [-0.2, 0) is 0 Å². The highest BCUT2D eigenvalue weighted by Crippen LogP contribution is 2.37. The van der Waals surface area contributed by atoms with Gasteiger partial charge in [0.15, 0.2) is 0 Å². The van der Waals surface area contributed by atoms with Crippen LogP contribution in [0.25, 0.3) is 0 Å². The molecule has 0 spiro atoms. The zero-order valence-corrected chi connectivity index (χ0v) is 10.7. The summed E-state index contributed by atoms with van der Waals surface area (Å²) in [4.78, 5) is 1.16. The first-order valence-electron chi connectivity index (χ1n) is 3.63. The summed E-state index contributed by atoms with van der Waals surface area (Å²) in [7, 11) is 0. The molecule has 1 fully saturated rings. The first-order chi connectivity index (χ1) is 5.15. The Morgan fingerprint density at radius 3 is 1.91 bits per heavy atom. The van der Waals surface area contributed by atoms with E-state index in [2.05, 4.69) is 47.8 Å². The lowest BCUT2D eigenvalue weighted by Crippen LogP contribution is -2.35. The monoisotopic (exact) mass is 350 g/mol. The van der Waals surface area contributed by atoms with Gasteiger partial charge in [0.05, 0.1) is 6.67 Å². The summed E-state index contributed by atoms with van der Waals surface area (Å²) in [5.41, 5.74) is 0. The van der Waals surface area contributed by atoms with Gasteiger partial charge in [0.2, 0.25) is 0 Å². The van der Waals surface area contributed by atoms with E-state index < -0.39 is 0 Å². The molecule has 0 aromatic rings. The zero-order chi connectivity index (χ0) is 8.43. The highest BCUT2D eigenvalue weighted by atomic mass is 79.9. The summed E-state index contributed by atoms with van der Waals surface area (Å²) in [5, 5.41) is 0. The molecule has 1 aliphatic carbocycles. The lowest BCUT2D eigenvalue weighted by atomic mass is 9.90. The fourth-order valence-corrected chi connectivity index (χ4v) is 5.49. The second-order valence-corrected chi connectivity index (χ2v) is 6.57. The summed E-state index contributed by atoms with van der Waals surface area (Å²) in [6, 6.07) is 0. The molecule has 0 N–H and O–H groups in total. The van der Waals surface area contributed by atoms with Crippen molar-refractivity contribution < 1.29 is 4.39 Å². The number of alkyl halides is 4. The molecule has 0 amide bonds. The maximum atomic E-state index is 12.4. The minimum absolute atomic E-state index is 0.142. The van der Waals surface area contributed by atoms with Crippen LogP contribution < -0.4 is 0 Å². The van der Waals surface area contributed by atoms with Crippen LogP contribution in [0.2, 0.25) is 0 Å². The third-order valence-electron chi connectivity index (χ3n) is 2.07. The molecule has 0 nitrogen and oxygen atoms in total. The third kappa shape index (κ3) is 2.66. The predicted molar refractivity (Wildman–Crippen MR) is 56.8 cm³/mol. The van der Waals surface area contributed by atoms with Gasteiger partial charge in [-0.3, -0.25) is 4.39 Å². The molecule has 1 saturated carbocycles. The SMILES string of the molecule is FCC1C(Br)CC(Br)CC1Br. The fraction of sp³-hybridized carbons (Fsp3) is 1.00. The Hall–Kier alpha value is 1.37. The van der Waals surface area contributed by atoms with Crippen molar-refractivity contribution in [1.82, 2.24) is 0 Å². The Labute approximate surface area is 91.7 Å². The van der Waals surface area contributed by atoms with Gasteiger partial charge in [0.1, 0.15) is 0 Å². The minimum atomic E-state index is -0.231. The molecule has 0 saturated heterocycles. The van der Waals surface area contributed by atoms with Crippen molar-refractivity contribution in [1.29, 1.82) is 0 Å². The molecule has 0 aromatic heterocycles. The first kappa shape index (κ1) is 10.5. The summed E-state index contributed by atoms with van der Waals surface area (Å²) in [5.74, 6) is 0.142. The Bertz CT molecular complexity index is 119. The van der Waals surface area contributed by atoms with Crippen LogP contribution >= 0.6 is 47.8 Å². The van der Waals surface area contributed by atoms with Gasteiger partial charge in [0, 0.05) is 20.4 Å². The van der Waals surface area contributed by atoms with Crippen LogP contribution in [0.3, 0.4) is 0 Å². The Kier molecular flexibility index (Phi) is 4.33. The number of hydrogen-bond donors (Lipinski definition) is 0. The molecule has 0 radical (unpaired) electrons. The van der Waals surface area contributed by atoms with Crippen molar-refractivity contribution in [2.24, 2.45) is 5.92 Å². The Morgan fingerprint density at radius 2 is 1.55 bits per heavy atom. The Morgan fingerprint density at radius 1 is 1.09 bits per heavy atom. The predicted octanol–water partition coefficient (Wildman–Crippen LogP) is 3.66. The highest BCUT2D eigenvalue weighted by Gasteiger charge is 2.34. The van der Waals surface area contributed by atoms with Crippen LogP contribution in [0.15, 0.2) is 0 Å². The van der Waals surface area contributed by atoms with Gasteiger partial charge in [-0.25, -0.2) is 0 Å². The lowest BCUT2D eigenvalue weighted by molar-refractivity contribution is 0.309. The first-order valence-corrected chi connectivity index (χ1v) is 6.38. The number of rotatable bonds is 1.